The standard InChI is InChI=1S/C18H19NO4/c1-13(2)19(14-8-4-3-5-9-14)17(21)12-23-18(22)15-10-6-7-11-16(15)20/h3-11,13,20H,12H2,1-2H3. The Morgan fingerprint density at radius 1 is 1.04 bits per heavy atom. The van der Waals surface area contributed by atoms with Crippen LogP contribution in [0, 0.1) is 0 Å². The molecule has 2 aromatic rings. The van der Waals surface area contributed by atoms with Crippen molar-refractivity contribution in [3.05, 3.63) is 60.2 Å². The fourth-order valence-corrected chi connectivity index (χ4v) is 2.24. The van der Waals surface area contributed by atoms with Gasteiger partial charge >= 0.3 is 5.97 Å². The topological polar surface area (TPSA) is 66.8 Å². The third-order valence-corrected chi connectivity index (χ3v) is 3.27. The first-order valence-electron chi connectivity index (χ1n) is 7.33. The molecule has 0 spiro atoms. The van der Waals surface area contributed by atoms with Crippen molar-refractivity contribution >= 4 is 17.6 Å². The molecule has 0 radical (unpaired) electrons. The van der Waals surface area contributed by atoms with Gasteiger partial charge in [-0.25, -0.2) is 4.79 Å². The zero-order chi connectivity index (χ0) is 16.8. The van der Waals surface area contributed by atoms with E-state index in [1.165, 1.54) is 12.1 Å². The van der Waals surface area contributed by atoms with Crippen molar-refractivity contribution < 1.29 is 19.4 Å². The van der Waals surface area contributed by atoms with E-state index < -0.39 is 5.97 Å². The molecule has 0 aliphatic heterocycles. The SMILES string of the molecule is CC(C)N(C(=O)COC(=O)c1ccccc1O)c1ccccc1. The summed E-state index contributed by atoms with van der Waals surface area (Å²) in [7, 11) is 0. The highest BCUT2D eigenvalue weighted by molar-refractivity contribution is 5.98. The Kier molecular flexibility index (Phi) is 5.36. The first kappa shape index (κ1) is 16.5. The number of benzene rings is 2. The van der Waals surface area contributed by atoms with E-state index in [0.717, 1.165) is 5.69 Å². The van der Waals surface area contributed by atoms with Crippen molar-refractivity contribution in [2.24, 2.45) is 0 Å². The predicted octanol–water partition coefficient (Wildman–Crippen LogP) is 2.99. The predicted molar refractivity (Wildman–Crippen MR) is 87.5 cm³/mol. The number of anilines is 1. The van der Waals surface area contributed by atoms with Gasteiger partial charge in [-0.2, -0.15) is 0 Å². The Hall–Kier alpha value is -2.82. The fourth-order valence-electron chi connectivity index (χ4n) is 2.24. The molecule has 23 heavy (non-hydrogen) atoms. The van der Waals surface area contributed by atoms with Gasteiger partial charge in [-0.05, 0) is 38.1 Å². The van der Waals surface area contributed by atoms with Crippen molar-refractivity contribution in [1.29, 1.82) is 0 Å². The number of esters is 1. The van der Waals surface area contributed by atoms with E-state index in [1.54, 1.807) is 17.0 Å². The van der Waals surface area contributed by atoms with Crippen LogP contribution in [0.15, 0.2) is 54.6 Å². The maximum atomic E-state index is 12.4. The lowest BCUT2D eigenvalue weighted by Gasteiger charge is -2.26. The van der Waals surface area contributed by atoms with Gasteiger partial charge in [0, 0.05) is 11.7 Å². The van der Waals surface area contributed by atoms with E-state index in [2.05, 4.69) is 0 Å². The number of phenolic OH excluding ortho intramolecular Hbond substituents is 1. The molecule has 120 valence electrons. The maximum Gasteiger partial charge on any atom is 0.342 e. The number of aromatic hydroxyl groups is 1. The largest absolute Gasteiger partial charge is 0.507 e. The van der Waals surface area contributed by atoms with E-state index in [1.807, 2.05) is 44.2 Å². The van der Waals surface area contributed by atoms with Crippen LogP contribution in [0.5, 0.6) is 5.75 Å². The molecule has 0 fully saturated rings. The van der Waals surface area contributed by atoms with Gasteiger partial charge in [-0.1, -0.05) is 30.3 Å². The van der Waals surface area contributed by atoms with Crippen LogP contribution in [0.1, 0.15) is 24.2 Å². The Labute approximate surface area is 135 Å². The smallest absolute Gasteiger partial charge is 0.342 e. The van der Waals surface area contributed by atoms with Crippen LogP contribution in [0.2, 0.25) is 0 Å². The van der Waals surface area contributed by atoms with Gasteiger partial charge in [-0.15, -0.1) is 0 Å². The Morgan fingerprint density at radius 3 is 2.26 bits per heavy atom. The second kappa shape index (κ2) is 7.45. The second-order valence-electron chi connectivity index (χ2n) is 5.29. The molecule has 0 heterocycles. The molecular formula is C18H19NO4. The molecule has 0 saturated carbocycles. The van der Waals surface area contributed by atoms with E-state index in [-0.39, 0.29) is 29.9 Å². The summed E-state index contributed by atoms with van der Waals surface area (Å²) in [6.45, 7) is 3.38. The van der Waals surface area contributed by atoms with E-state index >= 15 is 0 Å². The summed E-state index contributed by atoms with van der Waals surface area (Å²) in [4.78, 5) is 25.9. The highest BCUT2D eigenvalue weighted by atomic mass is 16.5. The number of ether oxygens (including phenoxy) is 1. The Bertz CT molecular complexity index is 682. The molecular weight excluding hydrogens is 294 g/mol. The van der Waals surface area contributed by atoms with Crippen molar-refractivity contribution in [3.63, 3.8) is 0 Å². The third-order valence-electron chi connectivity index (χ3n) is 3.27. The van der Waals surface area contributed by atoms with Crippen LogP contribution in [0.4, 0.5) is 5.69 Å². The summed E-state index contributed by atoms with van der Waals surface area (Å²) < 4.78 is 5.03. The van der Waals surface area contributed by atoms with Gasteiger partial charge in [0.1, 0.15) is 11.3 Å². The molecule has 1 amide bonds. The molecule has 0 saturated heterocycles. The van der Waals surface area contributed by atoms with Gasteiger partial charge in [0.15, 0.2) is 6.61 Å². The van der Waals surface area contributed by atoms with Gasteiger partial charge in [-0.3, -0.25) is 4.79 Å². The summed E-state index contributed by atoms with van der Waals surface area (Å²) >= 11 is 0. The summed E-state index contributed by atoms with van der Waals surface area (Å²) in [6, 6.07) is 15.2. The van der Waals surface area contributed by atoms with Gasteiger partial charge in [0.2, 0.25) is 0 Å². The van der Waals surface area contributed by atoms with Crippen molar-refractivity contribution in [3.8, 4) is 5.75 Å². The number of carbonyl (C=O) groups excluding carboxylic acids is 2. The zero-order valence-corrected chi connectivity index (χ0v) is 13.1. The van der Waals surface area contributed by atoms with Crippen LogP contribution in [-0.2, 0) is 9.53 Å². The van der Waals surface area contributed by atoms with Crippen LogP contribution >= 0.6 is 0 Å². The molecule has 5 heteroatoms. The molecule has 2 aromatic carbocycles. The molecule has 2 rings (SSSR count). The van der Waals surface area contributed by atoms with E-state index in [0.29, 0.717) is 0 Å². The Balaban J connectivity index is 2.06. The number of hydrogen-bond donors (Lipinski definition) is 1. The van der Waals surface area contributed by atoms with Gasteiger partial charge < -0.3 is 14.7 Å². The highest BCUT2D eigenvalue weighted by Crippen LogP contribution is 2.18. The van der Waals surface area contributed by atoms with Gasteiger partial charge in [0.05, 0.1) is 0 Å². The van der Waals surface area contributed by atoms with Crippen LogP contribution < -0.4 is 4.90 Å². The molecule has 0 atom stereocenters. The quantitative estimate of drug-likeness (QED) is 0.862. The highest BCUT2D eigenvalue weighted by Gasteiger charge is 2.21. The van der Waals surface area contributed by atoms with Gasteiger partial charge in [0.25, 0.3) is 5.91 Å². The average Bonchev–Trinajstić information content (AvgIpc) is 2.54. The molecule has 0 bridgehead atoms. The maximum absolute atomic E-state index is 12.4. The summed E-state index contributed by atoms with van der Waals surface area (Å²) in [6.07, 6.45) is 0. The minimum absolute atomic E-state index is 0.0381. The summed E-state index contributed by atoms with van der Waals surface area (Å²) in [5.74, 6) is -1.23. The van der Waals surface area contributed by atoms with Crippen molar-refractivity contribution in [2.75, 3.05) is 11.5 Å². The number of phenols is 1. The zero-order valence-electron chi connectivity index (χ0n) is 13.1. The number of para-hydroxylation sites is 2. The number of rotatable bonds is 5. The van der Waals surface area contributed by atoms with Crippen LogP contribution in [0.3, 0.4) is 0 Å². The first-order valence-corrected chi connectivity index (χ1v) is 7.33. The summed E-state index contributed by atoms with van der Waals surface area (Å²) in [5, 5.41) is 9.63. The molecule has 0 aromatic heterocycles. The molecule has 1 N–H and O–H groups in total. The summed E-state index contributed by atoms with van der Waals surface area (Å²) in [5.41, 5.74) is 0.780. The number of amides is 1. The van der Waals surface area contributed by atoms with E-state index in [9.17, 15) is 14.7 Å². The molecule has 0 aliphatic carbocycles. The minimum Gasteiger partial charge on any atom is -0.507 e. The monoisotopic (exact) mass is 313 g/mol. The lowest BCUT2D eigenvalue weighted by atomic mass is 10.2. The van der Waals surface area contributed by atoms with Crippen molar-refractivity contribution in [1.82, 2.24) is 0 Å². The molecule has 0 aliphatic rings. The average molecular weight is 313 g/mol. The fraction of sp³-hybridized carbons (Fsp3) is 0.222. The van der Waals surface area contributed by atoms with Crippen molar-refractivity contribution in [2.45, 2.75) is 19.9 Å². The Morgan fingerprint density at radius 2 is 1.65 bits per heavy atom. The van der Waals surface area contributed by atoms with E-state index in [4.69, 9.17) is 4.74 Å². The van der Waals surface area contributed by atoms with Crippen LogP contribution in [-0.4, -0.2) is 29.6 Å². The second-order valence-corrected chi connectivity index (χ2v) is 5.29. The molecule has 5 nitrogen and oxygen atoms in total. The lowest BCUT2D eigenvalue weighted by molar-refractivity contribution is -0.122. The first-order chi connectivity index (χ1) is 11.0. The number of nitrogens with zero attached hydrogens (tertiary/aromatic N) is 1. The normalized spacial score (nSPS) is 10.4. The lowest BCUT2D eigenvalue weighted by Crippen LogP contribution is -2.39. The third kappa shape index (κ3) is 4.10. The molecule has 0 unspecified atom stereocenters. The number of hydrogen-bond acceptors (Lipinski definition) is 4. The minimum atomic E-state index is -0.729. The number of carbonyl (C=O) groups is 2. The van der Waals surface area contributed by atoms with Crippen LogP contribution in [0.25, 0.3) is 0 Å².